The average molecular weight is 308 g/mol. The van der Waals surface area contributed by atoms with Crippen molar-refractivity contribution >= 4 is 16.6 Å². The van der Waals surface area contributed by atoms with E-state index in [9.17, 15) is 4.79 Å². The van der Waals surface area contributed by atoms with Gasteiger partial charge in [0.15, 0.2) is 5.78 Å². The van der Waals surface area contributed by atoms with Crippen molar-refractivity contribution in [2.45, 2.75) is 71.1 Å². The van der Waals surface area contributed by atoms with Crippen LogP contribution < -0.4 is 0 Å². The molecule has 0 saturated heterocycles. The Bertz CT molecular complexity index is 673. The van der Waals surface area contributed by atoms with Gasteiger partial charge < -0.3 is 0 Å². The fourth-order valence-corrected chi connectivity index (χ4v) is 3.87. The van der Waals surface area contributed by atoms with E-state index in [4.69, 9.17) is 0 Å². The highest BCUT2D eigenvalue weighted by atomic mass is 16.1. The van der Waals surface area contributed by atoms with E-state index >= 15 is 0 Å². The van der Waals surface area contributed by atoms with Crippen molar-refractivity contribution in [2.75, 3.05) is 0 Å². The largest absolute Gasteiger partial charge is 0.294 e. The molecule has 1 nitrogen and oxygen atoms in total. The lowest BCUT2D eigenvalue weighted by Crippen LogP contribution is -2.01. The number of hydrogen-bond acceptors (Lipinski definition) is 1. The summed E-state index contributed by atoms with van der Waals surface area (Å²) in [7, 11) is 0. The molecule has 0 saturated carbocycles. The van der Waals surface area contributed by atoms with Gasteiger partial charge in [0.2, 0.25) is 0 Å². The zero-order valence-electron chi connectivity index (χ0n) is 14.4. The van der Waals surface area contributed by atoms with Gasteiger partial charge in [-0.15, -0.1) is 0 Å². The Morgan fingerprint density at radius 2 is 1.57 bits per heavy atom. The first-order chi connectivity index (χ1) is 11.3. The Morgan fingerprint density at radius 3 is 2.35 bits per heavy atom. The van der Waals surface area contributed by atoms with Crippen LogP contribution in [-0.2, 0) is 12.8 Å². The van der Waals surface area contributed by atoms with Crippen molar-refractivity contribution in [3.63, 3.8) is 0 Å². The van der Waals surface area contributed by atoms with Gasteiger partial charge in [-0.05, 0) is 41.2 Å². The van der Waals surface area contributed by atoms with E-state index in [0.29, 0.717) is 12.2 Å². The van der Waals surface area contributed by atoms with Crippen LogP contribution in [0.5, 0.6) is 0 Å². The van der Waals surface area contributed by atoms with E-state index in [0.717, 1.165) is 24.8 Å². The molecule has 2 aromatic rings. The maximum absolute atomic E-state index is 12.6. The predicted molar refractivity (Wildman–Crippen MR) is 98.3 cm³/mol. The summed E-state index contributed by atoms with van der Waals surface area (Å²) in [6.45, 7) is 2.25. The number of carbonyl (C=O) groups excluding carboxylic acids is 1. The third-order valence-corrected chi connectivity index (χ3v) is 5.18. The van der Waals surface area contributed by atoms with Crippen LogP contribution in [0.15, 0.2) is 30.3 Å². The molecule has 0 radical (unpaired) electrons. The number of unbranched alkanes of at least 4 members (excludes halogenated alkanes) is 6. The van der Waals surface area contributed by atoms with Crippen LogP contribution in [0.25, 0.3) is 10.8 Å². The normalized spacial score (nSPS) is 12.9. The Morgan fingerprint density at radius 1 is 0.870 bits per heavy atom. The molecule has 0 spiro atoms. The third-order valence-electron chi connectivity index (χ3n) is 5.18. The highest BCUT2D eigenvalue weighted by Gasteiger charge is 2.18. The minimum atomic E-state index is 0.328. The molecule has 1 aliphatic carbocycles. The smallest absolute Gasteiger partial charge is 0.163 e. The van der Waals surface area contributed by atoms with Gasteiger partial charge in [-0.2, -0.15) is 0 Å². The summed E-state index contributed by atoms with van der Waals surface area (Å²) < 4.78 is 0. The molecule has 0 fully saturated rings. The zero-order chi connectivity index (χ0) is 16.1. The minimum Gasteiger partial charge on any atom is -0.294 e. The van der Waals surface area contributed by atoms with Crippen LogP contribution in [0, 0.1) is 0 Å². The number of rotatable bonds is 9. The summed E-state index contributed by atoms with van der Waals surface area (Å²) in [5, 5.41) is 2.54. The first-order valence-corrected chi connectivity index (χ1v) is 9.38. The van der Waals surface area contributed by atoms with Crippen LogP contribution in [-0.4, -0.2) is 5.78 Å². The Hall–Kier alpha value is -1.63. The molecule has 0 aliphatic heterocycles. The second-order valence-corrected chi connectivity index (χ2v) is 6.91. The van der Waals surface area contributed by atoms with Gasteiger partial charge in [-0.3, -0.25) is 4.79 Å². The second-order valence-electron chi connectivity index (χ2n) is 6.91. The van der Waals surface area contributed by atoms with Crippen LogP contribution in [0.2, 0.25) is 0 Å². The molecule has 0 bridgehead atoms. The van der Waals surface area contributed by atoms with Crippen LogP contribution in [0.4, 0.5) is 0 Å². The number of aryl methyl sites for hydroxylation is 2. The fourth-order valence-electron chi connectivity index (χ4n) is 3.87. The van der Waals surface area contributed by atoms with Gasteiger partial charge in [0.1, 0.15) is 0 Å². The predicted octanol–water partition coefficient (Wildman–Crippen LogP) is 6.26. The molecule has 0 aromatic heterocycles. The van der Waals surface area contributed by atoms with E-state index in [1.54, 1.807) is 0 Å². The van der Waals surface area contributed by atoms with Crippen molar-refractivity contribution in [1.29, 1.82) is 0 Å². The quantitative estimate of drug-likeness (QED) is 0.394. The highest BCUT2D eigenvalue weighted by Crippen LogP contribution is 2.33. The standard InChI is InChI=1S/C22H28O/c1-2-3-4-5-6-7-8-12-21(23)19-16-15-18-14-13-17-10-9-11-20(19)22(17)18/h9-11,15-16H,2-8,12-14H2,1H3. The van der Waals surface area contributed by atoms with Crippen molar-refractivity contribution in [3.8, 4) is 0 Å². The van der Waals surface area contributed by atoms with Crippen LogP contribution in [0.1, 0.15) is 79.8 Å². The summed E-state index contributed by atoms with van der Waals surface area (Å²) in [5.41, 5.74) is 3.78. The fraction of sp³-hybridized carbons (Fsp3) is 0.500. The van der Waals surface area contributed by atoms with E-state index < -0.39 is 0 Å². The topological polar surface area (TPSA) is 17.1 Å². The van der Waals surface area contributed by atoms with E-state index in [-0.39, 0.29) is 0 Å². The maximum Gasteiger partial charge on any atom is 0.163 e. The summed E-state index contributed by atoms with van der Waals surface area (Å²) in [6, 6.07) is 10.7. The van der Waals surface area contributed by atoms with Crippen molar-refractivity contribution in [3.05, 3.63) is 47.0 Å². The lowest BCUT2D eigenvalue weighted by Gasteiger charge is -2.08. The Kier molecular flexibility index (Phi) is 5.48. The molecular weight excluding hydrogens is 280 g/mol. The summed E-state index contributed by atoms with van der Waals surface area (Å²) in [4.78, 5) is 12.6. The molecule has 0 unspecified atom stereocenters. The molecule has 0 atom stereocenters. The Balaban J connectivity index is 1.59. The molecule has 3 rings (SSSR count). The van der Waals surface area contributed by atoms with Crippen molar-refractivity contribution < 1.29 is 4.79 Å². The first kappa shape index (κ1) is 16.2. The lowest BCUT2D eigenvalue weighted by molar-refractivity contribution is 0.0980. The molecule has 1 heteroatoms. The Labute approximate surface area is 140 Å². The third kappa shape index (κ3) is 3.65. The maximum atomic E-state index is 12.6. The summed E-state index contributed by atoms with van der Waals surface area (Å²) in [5.74, 6) is 0.328. The second kappa shape index (κ2) is 7.77. The molecular formula is C22H28O. The zero-order valence-corrected chi connectivity index (χ0v) is 14.4. The number of ketones is 1. The molecule has 1 aliphatic rings. The molecule has 122 valence electrons. The van der Waals surface area contributed by atoms with E-state index in [1.807, 2.05) is 0 Å². The van der Waals surface area contributed by atoms with Gasteiger partial charge in [0.25, 0.3) is 0 Å². The molecule has 0 heterocycles. The number of Topliss-reactive ketones (excluding diaryl/α,β-unsaturated/α-hetero) is 1. The van der Waals surface area contributed by atoms with Crippen molar-refractivity contribution in [1.82, 2.24) is 0 Å². The van der Waals surface area contributed by atoms with Gasteiger partial charge in [0.05, 0.1) is 0 Å². The minimum absolute atomic E-state index is 0.328. The van der Waals surface area contributed by atoms with E-state index in [2.05, 4.69) is 37.3 Å². The highest BCUT2D eigenvalue weighted by molar-refractivity contribution is 6.10. The van der Waals surface area contributed by atoms with Crippen LogP contribution >= 0.6 is 0 Å². The summed E-state index contributed by atoms with van der Waals surface area (Å²) >= 11 is 0. The monoisotopic (exact) mass is 308 g/mol. The van der Waals surface area contributed by atoms with Crippen LogP contribution in [0.3, 0.4) is 0 Å². The number of benzene rings is 2. The molecule has 2 aromatic carbocycles. The number of carbonyl (C=O) groups is 1. The SMILES string of the molecule is CCCCCCCCCC(=O)c1ccc2c3c(cccc13)CC2. The van der Waals surface area contributed by atoms with Crippen molar-refractivity contribution in [2.24, 2.45) is 0 Å². The van der Waals surface area contributed by atoms with Gasteiger partial charge in [0, 0.05) is 12.0 Å². The summed E-state index contributed by atoms with van der Waals surface area (Å²) in [6.07, 6.45) is 11.8. The molecule has 0 amide bonds. The molecule has 0 N–H and O–H groups in total. The molecule has 23 heavy (non-hydrogen) atoms. The van der Waals surface area contributed by atoms with E-state index in [1.165, 1.54) is 60.4 Å². The lowest BCUT2D eigenvalue weighted by atomic mass is 9.95. The average Bonchev–Trinajstić information content (AvgIpc) is 2.99. The first-order valence-electron chi connectivity index (χ1n) is 9.38. The number of hydrogen-bond donors (Lipinski definition) is 0. The van der Waals surface area contributed by atoms with Gasteiger partial charge in [-0.25, -0.2) is 0 Å². The van der Waals surface area contributed by atoms with Gasteiger partial charge in [-0.1, -0.05) is 75.8 Å². The van der Waals surface area contributed by atoms with Gasteiger partial charge >= 0.3 is 0 Å².